The largest absolute Gasteiger partial charge is 0.0833 e. The minimum absolute atomic E-state index is 0.688. The summed E-state index contributed by atoms with van der Waals surface area (Å²) >= 11 is 0. The molecule has 0 saturated carbocycles. The smallest absolute Gasteiger partial charge is 0.00617 e. The Hall–Kier alpha value is -1.30. The van der Waals surface area contributed by atoms with E-state index < -0.39 is 0 Å². The van der Waals surface area contributed by atoms with Crippen molar-refractivity contribution in [2.45, 2.75) is 25.7 Å². The standard InChI is InChI=1S/C16H16/c1-3-11-7-9-13-5-2-6-14-10-8-12(4-1)15(11)16(13)14/h1-3,6-7,9,12-13H,4-5,8,10H2. The highest BCUT2D eigenvalue weighted by molar-refractivity contribution is 5.59. The molecule has 2 atom stereocenters. The lowest BCUT2D eigenvalue weighted by molar-refractivity contribution is 0.516. The fourth-order valence-electron chi connectivity index (χ4n) is 3.70. The number of rotatable bonds is 0. The van der Waals surface area contributed by atoms with Crippen molar-refractivity contribution >= 4 is 0 Å². The Labute approximate surface area is 96.7 Å². The van der Waals surface area contributed by atoms with E-state index in [9.17, 15) is 0 Å². The molecule has 4 aliphatic carbocycles. The van der Waals surface area contributed by atoms with Gasteiger partial charge in [0.15, 0.2) is 0 Å². The van der Waals surface area contributed by atoms with Gasteiger partial charge in [-0.25, -0.2) is 0 Å². The first-order chi connectivity index (χ1) is 7.93. The van der Waals surface area contributed by atoms with Gasteiger partial charge in [-0.05, 0) is 53.9 Å². The molecule has 0 radical (unpaired) electrons. The first-order valence-corrected chi connectivity index (χ1v) is 6.42. The molecule has 0 bridgehead atoms. The van der Waals surface area contributed by atoms with Gasteiger partial charge in [-0.2, -0.15) is 0 Å². The number of hydrogen-bond acceptors (Lipinski definition) is 0. The van der Waals surface area contributed by atoms with E-state index in [0.717, 1.165) is 5.92 Å². The van der Waals surface area contributed by atoms with Crippen LogP contribution in [0.25, 0.3) is 0 Å². The van der Waals surface area contributed by atoms with Gasteiger partial charge >= 0.3 is 0 Å². The third-order valence-corrected chi connectivity index (χ3v) is 4.42. The zero-order valence-electron chi connectivity index (χ0n) is 9.45. The number of allylic oxidation sites excluding steroid dienone is 10. The normalized spacial score (nSPS) is 34.5. The molecule has 0 aromatic rings. The molecule has 0 aliphatic heterocycles. The molecule has 0 N–H and O–H groups in total. The summed E-state index contributed by atoms with van der Waals surface area (Å²) in [5, 5.41) is 0. The van der Waals surface area contributed by atoms with Crippen LogP contribution in [-0.4, -0.2) is 0 Å². The van der Waals surface area contributed by atoms with Gasteiger partial charge in [0.1, 0.15) is 0 Å². The lowest BCUT2D eigenvalue weighted by atomic mass is 9.66. The summed E-state index contributed by atoms with van der Waals surface area (Å²) in [5.41, 5.74) is 6.51. The summed E-state index contributed by atoms with van der Waals surface area (Å²) in [7, 11) is 0. The highest BCUT2D eigenvalue weighted by Crippen LogP contribution is 2.49. The van der Waals surface area contributed by atoms with Crippen molar-refractivity contribution in [1.29, 1.82) is 0 Å². The second-order valence-electron chi connectivity index (χ2n) is 5.29. The Morgan fingerprint density at radius 2 is 1.88 bits per heavy atom. The quantitative estimate of drug-likeness (QED) is 0.562. The van der Waals surface area contributed by atoms with Gasteiger partial charge < -0.3 is 0 Å². The van der Waals surface area contributed by atoms with Crippen molar-refractivity contribution in [2.24, 2.45) is 11.8 Å². The van der Waals surface area contributed by atoms with E-state index >= 15 is 0 Å². The molecule has 0 heteroatoms. The average Bonchev–Trinajstić information content (AvgIpc) is 2.36. The van der Waals surface area contributed by atoms with Gasteiger partial charge in [0.05, 0.1) is 0 Å². The van der Waals surface area contributed by atoms with Crippen LogP contribution in [0.5, 0.6) is 0 Å². The molecule has 0 amide bonds. The van der Waals surface area contributed by atoms with Gasteiger partial charge in [-0.1, -0.05) is 36.5 Å². The Morgan fingerprint density at radius 3 is 2.88 bits per heavy atom. The summed E-state index contributed by atoms with van der Waals surface area (Å²) in [5.74, 6) is 1.51. The van der Waals surface area contributed by atoms with Crippen molar-refractivity contribution in [2.75, 3.05) is 0 Å². The molecule has 2 unspecified atom stereocenters. The van der Waals surface area contributed by atoms with E-state index in [-0.39, 0.29) is 0 Å². The van der Waals surface area contributed by atoms with Gasteiger partial charge in [-0.15, -0.1) is 0 Å². The summed E-state index contributed by atoms with van der Waals surface area (Å²) in [6, 6.07) is 0. The Kier molecular flexibility index (Phi) is 1.71. The molecule has 4 aliphatic rings. The SMILES string of the molecule is C1=CC2=C3C4=C(C=CCC4CC2)C=CC3C1. The predicted octanol–water partition coefficient (Wildman–Crippen LogP) is 4.10. The van der Waals surface area contributed by atoms with Crippen LogP contribution >= 0.6 is 0 Å². The van der Waals surface area contributed by atoms with Crippen LogP contribution in [0.15, 0.2) is 58.7 Å². The van der Waals surface area contributed by atoms with Crippen LogP contribution in [0.4, 0.5) is 0 Å². The third kappa shape index (κ3) is 1.05. The molecular weight excluding hydrogens is 192 g/mol. The molecule has 0 heterocycles. The maximum Gasteiger partial charge on any atom is 0.00617 e. The zero-order chi connectivity index (χ0) is 10.5. The van der Waals surface area contributed by atoms with Gasteiger partial charge in [0.2, 0.25) is 0 Å². The molecule has 4 rings (SSSR count). The molecule has 0 nitrogen and oxygen atoms in total. The van der Waals surface area contributed by atoms with Crippen LogP contribution in [0.3, 0.4) is 0 Å². The van der Waals surface area contributed by atoms with Crippen LogP contribution in [0.1, 0.15) is 25.7 Å². The maximum absolute atomic E-state index is 2.41. The maximum atomic E-state index is 2.41. The first kappa shape index (κ1) is 8.81. The van der Waals surface area contributed by atoms with E-state index in [4.69, 9.17) is 0 Å². The molecule has 80 valence electrons. The molecule has 0 fully saturated rings. The molecule has 16 heavy (non-hydrogen) atoms. The summed E-state index contributed by atoms with van der Waals surface area (Å²) in [4.78, 5) is 0. The topological polar surface area (TPSA) is 0 Å². The van der Waals surface area contributed by atoms with Gasteiger partial charge in [-0.3, -0.25) is 0 Å². The Bertz CT molecular complexity index is 494. The molecule has 0 spiro atoms. The second kappa shape index (κ2) is 3.10. The predicted molar refractivity (Wildman–Crippen MR) is 66.9 cm³/mol. The van der Waals surface area contributed by atoms with Crippen molar-refractivity contribution in [3.8, 4) is 0 Å². The minimum Gasteiger partial charge on any atom is -0.0833 e. The van der Waals surface area contributed by atoms with Crippen LogP contribution in [0.2, 0.25) is 0 Å². The summed E-state index contributed by atoms with van der Waals surface area (Å²) in [6.45, 7) is 0. The van der Waals surface area contributed by atoms with Crippen molar-refractivity contribution in [3.05, 3.63) is 58.7 Å². The van der Waals surface area contributed by atoms with E-state index in [1.165, 1.54) is 31.3 Å². The van der Waals surface area contributed by atoms with Crippen LogP contribution in [0, 0.1) is 11.8 Å². The van der Waals surface area contributed by atoms with E-state index in [1.54, 1.807) is 16.7 Å². The monoisotopic (exact) mass is 208 g/mol. The molecular formula is C16H16. The van der Waals surface area contributed by atoms with E-state index in [1.807, 2.05) is 0 Å². The molecule has 0 saturated heterocycles. The Balaban J connectivity index is 1.99. The number of hydrogen-bond donors (Lipinski definition) is 0. The molecule has 0 aromatic heterocycles. The highest BCUT2D eigenvalue weighted by Gasteiger charge is 2.34. The first-order valence-electron chi connectivity index (χ1n) is 6.42. The van der Waals surface area contributed by atoms with Crippen molar-refractivity contribution < 1.29 is 0 Å². The molecule has 0 aromatic carbocycles. The van der Waals surface area contributed by atoms with Crippen LogP contribution < -0.4 is 0 Å². The minimum atomic E-state index is 0.688. The van der Waals surface area contributed by atoms with Crippen molar-refractivity contribution in [3.63, 3.8) is 0 Å². The van der Waals surface area contributed by atoms with Crippen molar-refractivity contribution in [1.82, 2.24) is 0 Å². The Morgan fingerprint density at radius 1 is 0.938 bits per heavy atom. The lowest BCUT2D eigenvalue weighted by Gasteiger charge is -2.39. The zero-order valence-corrected chi connectivity index (χ0v) is 9.45. The van der Waals surface area contributed by atoms with E-state index in [0.29, 0.717) is 5.92 Å². The summed E-state index contributed by atoms with van der Waals surface area (Å²) in [6.07, 6.45) is 19.3. The van der Waals surface area contributed by atoms with Gasteiger partial charge in [0, 0.05) is 5.92 Å². The average molecular weight is 208 g/mol. The summed E-state index contributed by atoms with van der Waals surface area (Å²) < 4.78 is 0. The lowest BCUT2D eigenvalue weighted by Crippen LogP contribution is -2.24. The van der Waals surface area contributed by atoms with Gasteiger partial charge in [0.25, 0.3) is 0 Å². The fraction of sp³-hybridized carbons (Fsp3) is 0.375. The third-order valence-electron chi connectivity index (χ3n) is 4.42. The fourth-order valence-corrected chi connectivity index (χ4v) is 3.70. The van der Waals surface area contributed by atoms with Crippen LogP contribution in [-0.2, 0) is 0 Å². The van der Waals surface area contributed by atoms with E-state index in [2.05, 4.69) is 36.5 Å². The highest BCUT2D eigenvalue weighted by atomic mass is 14.4. The second-order valence-corrected chi connectivity index (χ2v) is 5.29.